The minimum absolute atomic E-state index is 0.0331. The van der Waals surface area contributed by atoms with Gasteiger partial charge < -0.3 is 0 Å². The van der Waals surface area contributed by atoms with E-state index in [0.717, 1.165) is 48.5 Å². The standard InChI is InChI=1S/C24H31FN4OS/c1-15(28(2)3)22-26-27-23(29(22)20-6-4-19(25)5-7-20)31-14-21(30)24-11-16-8-17(12-24)10-18(9-16)13-24/h4-7,15-18H,8-14H2,1-3H3. The number of halogens is 1. The van der Waals surface area contributed by atoms with E-state index in [9.17, 15) is 9.18 Å². The van der Waals surface area contributed by atoms with Gasteiger partial charge in [-0.2, -0.15) is 0 Å². The lowest BCUT2D eigenvalue weighted by Crippen LogP contribution is -2.50. The van der Waals surface area contributed by atoms with E-state index in [0.29, 0.717) is 16.7 Å². The zero-order valence-electron chi connectivity index (χ0n) is 18.6. The fraction of sp³-hybridized carbons (Fsp3) is 0.625. The summed E-state index contributed by atoms with van der Waals surface area (Å²) in [7, 11) is 4.00. The van der Waals surface area contributed by atoms with Crippen LogP contribution < -0.4 is 0 Å². The van der Waals surface area contributed by atoms with E-state index in [-0.39, 0.29) is 17.3 Å². The summed E-state index contributed by atoms with van der Waals surface area (Å²) in [6.45, 7) is 2.07. The second-order valence-corrected chi connectivity index (χ2v) is 11.1. The van der Waals surface area contributed by atoms with Crippen LogP contribution in [0.3, 0.4) is 0 Å². The van der Waals surface area contributed by atoms with Crippen LogP contribution in [0, 0.1) is 29.0 Å². The van der Waals surface area contributed by atoms with Gasteiger partial charge in [0, 0.05) is 11.1 Å². The van der Waals surface area contributed by atoms with Gasteiger partial charge in [-0.3, -0.25) is 14.3 Å². The Morgan fingerprint density at radius 3 is 2.26 bits per heavy atom. The first kappa shape index (κ1) is 21.1. The third-order valence-electron chi connectivity index (χ3n) is 7.85. The molecule has 0 spiro atoms. The maximum atomic E-state index is 13.5. The van der Waals surface area contributed by atoms with Gasteiger partial charge in [-0.25, -0.2) is 4.39 Å². The number of thioether (sulfide) groups is 1. The Labute approximate surface area is 187 Å². The minimum atomic E-state index is -0.273. The molecule has 0 aliphatic heterocycles. The van der Waals surface area contributed by atoms with Gasteiger partial charge >= 0.3 is 0 Å². The summed E-state index contributed by atoms with van der Waals surface area (Å²) in [5.74, 6) is 3.63. The molecule has 1 unspecified atom stereocenters. The quantitative estimate of drug-likeness (QED) is 0.571. The number of hydrogen-bond donors (Lipinski definition) is 0. The van der Waals surface area contributed by atoms with Crippen molar-refractivity contribution in [3.05, 3.63) is 35.9 Å². The van der Waals surface area contributed by atoms with E-state index in [1.165, 1.54) is 43.2 Å². The molecular weight excluding hydrogens is 411 g/mol. The molecule has 5 nitrogen and oxygen atoms in total. The molecule has 1 atom stereocenters. The molecule has 4 saturated carbocycles. The topological polar surface area (TPSA) is 51.0 Å². The minimum Gasteiger partial charge on any atom is -0.300 e. The zero-order valence-corrected chi connectivity index (χ0v) is 19.4. The van der Waals surface area contributed by atoms with Crippen molar-refractivity contribution in [2.24, 2.45) is 23.2 Å². The highest BCUT2D eigenvalue weighted by molar-refractivity contribution is 7.99. The largest absolute Gasteiger partial charge is 0.300 e. The molecule has 2 aromatic rings. The number of Topliss-reactive ketones (excluding diaryl/α,β-unsaturated/α-hetero) is 1. The summed E-state index contributed by atoms with van der Waals surface area (Å²) in [5.41, 5.74) is 0.724. The SMILES string of the molecule is CC(c1nnc(SCC(=O)C23CC4CC(CC(C4)C2)C3)n1-c1ccc(F)cc1)N(C)C. The van der Waals surface area contributed by atoms with Gasteiger partial charge in [-0.1, -0.05) is 11.8 Å². The number of ketones is 1. The van der Waals surface area contributed by atoms with Crippen LogP contribution in [0.15, 0.2) is 29.4 Å². The van der Waals surface area contributed by atoms with Crippen molar-refractivity contribution in [1.82, 2.24) is 19.7 Å². The van der Waals surface area contributed by atoms with Gasteiger partial charge in [0.15, 0.2) is 11.0 Å². The number of aromatic nitrogens is 3. The van der Waals surface area contributed by atoms with E-state index in [2.05, 4.69) is 22.0 Å². The molecule has 0 amide bonds. The van der Waals surface area contributed by atoms with E-state index in [1.807, 2.05) is 18.7 Å². The molecule has 0 N–H and O–H groups in total. The Bertz CT molecular complexity index is 935. The van der Waals surface area contributed by atoms with Gasteiger partial charge in [0.1, 0.15) is 11.6 Å². The van der Waals surface area contributed by atoms with E-state index in [1.54, 1.807) is 12.1 Å². The predicted molar refractivity (Wildman–Crippen MR) is 120 cm³/mol. The van der Waals surface area contributed by atoms with Crippen LogP contribution in [0.5, 0.6) is 0 Å². The first-order chi connectivity index (χ1) is 14.8. The highest BCUT2D eigenvalue weighted by Gasteiger charge is 2.54. The Kier molecular flexibility index (Phi) is 5.45. The van der Waals surface area contributed by atoms with Crippen LogP contribution in [0.2, 0.25) is 0 Å². The number of hydrogen-bond acceptors (Lipinski definition) is 5. The van der Waals surface area contributed by atoms with E-state index >= 15 is 0 Å². The van der Waals surface area contributed by atoms with Crippen molar-refractivity contribution < 1.29 is 9.18 Å². The summed E-state index contributed by atoms with van der Waals surface area (Å²) in [6, 6.07) is 6.43. The number of nitrogens with zero attached hydrogens (tertiary/aromatic N) is 4. The van der Waals surface area contributed by atoms with Crippen LogP contribution in [-0.2, 0) is 4.79 Å². The highest BCUT2D eigenvalue weighted by atomic mass is 32.2. The van der Waals surface area contributed by atoms with E-state index < -0.39 is 0 Å². The monoisotopic (exact) mass is 442 g/mol. The maximum absolute atomic E-state index is 13.5. The molecule has 31 heavy (non-hydrogen) atoms. The van der Waals surface area contributed by atoms with Crippen LogP contribution in [-0.4, -0.2) is 45.3 Å². The molecule has 1 aromatic carbocycles. The van der Waals surface area contributed by atoms with Gasteiger partial charge in [-0.15, -0.1) is 10.2 Å². The molecule has 166 valence electrons. The summed E-state index contributed by atoms with van der Waals surface area (Å²) in [4.78, 5) is 15.5. The third kappa shape index (κ3) is 3.84. The average molecular weight is 443 g/mol. The normalized spacial score (nSPS) is 30.2. The molecule has 4 aliphatic carbocycles. The van der Waals surface area contributed by atoms with Crippen molar-refractivity contribution >= 4 is 17.5 Å². The summed E-state index contributed by atoms with van der Waals surface area (Å²) in [5, 5.41) is 9.59. The molecular formula is C24H31FN4OS. The van der Waals surface area contributed by atoms with Crippen molar-refractivity contribution in [3.63, 3.8) is 0 Å². The maximum Gasteiger partial charge on any atom is 0.196 e. The smallest absolute Gasteiger partial charge is 0.196 e. The molecule has 7 heteroatoms. The molecule has 4 fully saturated rings. The fourth-order valence-electron chi connectivity index (χ4n) is 6.44. The van der Waals surface area contributed by atoms with Crippen LogP contribution in [0.25, 0.3) is 5.69 Å². The molecule has 4 aliphatic rings. The van der Waals surface area contributed by atoms with Crippen LogP contribution in [0.1, 0.15) is 57.3 Å². The van der Waals surface area contributed by atoms with Gasteiger partial charge in [0.05, 0.1) is 11.8 Å². The van der Waals surface area contributed by atoms with E-state index in [4.69, 9.17) is 0 Å². The molecule has 1 heterocycles. The number of carbonyl (C=O) groups excluding carboxylic acids is 1. The van der Waals surface area contributed by atoms with Gasteiger partial charge in [-0.05, 0) is 102 Å². The van der Waals surface area contributed by atoms with Gasteiger partial charge in [0.2, 0.25) is 0 Å². The molecule has 0 radical (unpaired) electrons. The summed E-state index contributed by atoms with van der Waals surface area (Å²) >= 11 is 1.48. The zero-order chi connectivity index (χ0) is 21.8. The Balaban J connectivity index is 1.39. The highest BCUT2D eigenvalue weighted by Crippen LogP contribution is 2.60. The Morgan fingerprint density at radius 1 is 1.13 bits per heavy atom. The van der Waals surface area contributed by atoms with Crippen molar-refractivity contribution in [3.8, 4) is 5.69 Å². The Hall–Kier alpha value is -1.73. The van der Waals surface area contributed by atoms with Crippen molar-refractivity contribution in [1.29, 1.82) is 0 Å². The summed E-state index contributed by atoms with van der Waals surface area (Å²) in [6.07, 6.45) is 7.28. The fourth-order valence-corrected chi connectivity index (χ4v) is 7.44. The first-order valence-electron chi connectivity index (χ1n) is 11.4. The lowest BCUT2D eigenvalue weighted by Gasteiger charge is -2.56. The van der Waals surface area contributed by atoms with Gasteiger partial charge in [0.25, 0.3) is 0 Å². The lowest BCUT2D eigenvalue weighted by molar-refractivity contribution is -0.141. The predicted octanol–water partition coefficient (Wildman–Crippen LogP) is 4.91. The lowest BCUT2D eigenvalue weighted by atomic mass is 9.48. The van der Waals surface area contributed by atoms with Crippen molar-refractivity contribution in [2.75, 3.05) is 19.8 Å². The average Bonchev–Trinajstić information content (AvgIpc) is 3.14. The summed E-state index contributed by atoms with van der Waals surface area (Å²) < 4.78 is 15.5. The number of benzene rings is 1. The van der Waals surface area contributed by atoms with Crippen LogP contribution in [0.4, 0.5) is 4.39 Å². The van der Waals surface area contributed by atoms with Crippen LogP contribution >= 0.6 is 11.8 Å². The Morgan fingerprint density at radius 2 is 1.71 bits per heavy atom. The first-order valence-corrected chi connectivity index (χ1v) is 12.4. The second-order valence-electron chi connectivity index (χ2n) is 10.2. The molecule has 0 saturated heterocycles. The third-order valence-corrected chi connectivity index (χ3v) is 8.78. The molecule has 1 aromatic heterocycles. The molecule has 4 bridgehead atoms. The molecule has 6 rings (SSSR count). The number of carbonyl (C=O) groups is 1. The second kappa shape index (κ2) is 8.00. The number of rotatable bonds is 7. The van der Waals surface area contributed by atoms with Crippen molar-refractivity contribution in [2.45, 2.75) is 56.6 Å².